The first-order valence-electron chi connectivity index (χ1n) is 9.26. The standard InChI is InChI=1S/C19H19FN6O2/c1-11(2)26-16-7-13(20)3-4-15(16)24-10-21-18(17(24)19(26)27)25-8-14(22-23-25)12-5-6-28-9-12/h3-4,7-8,10-12H,5-6,9H2,1-2H3. The van der Waals surface area contributed by atoms with Crippen molar-refractivity contribution in [1.82, 2.24) is 28.9 Å². The van der Waals surface area contributed by atoms with Crippen LogP contribution in [-0.2, 0) is 4.74 Å². The summed E-state index contributed by atoms with van der Waals surface area (Å²) >= 11 is 0. The third-order valence-corrected chi connectivity index (χ3v) is 5.22. The van der Waals surface area contributed by atoms with Crippen LogP contribution >= 0.6 is 0 Å². The van der Waals surface area contributed by atoms with Gasteiger partial charge >= 0.3 is 0 Å². The summed E-state index contributed by atoms with van der Waals surface area (Å²) in [6.45, 7) is 5.13. The van der Waals surface area contributed by atoms with Gasteiger partial charge in [-0.25, -0.2) is 9.37 Å². The molecule has 1 aliphatic heterocycles. The van der Waals surface area contributed by atoms with Gasteiger partial charge in [0.25, 0.3) is 5.56 Å². The third-order valence-electron chi connectivity index (χ3n) is 5.22. The molecule has 1 unspecified atom stereocenters. The van der Waals surface area contributed by atoms with Crippen LogP contribution in [0.5, 0.6) is 0 Å². The van der Waals surface area contributed by atoms with Crippen molar-refractivity contribution in [2.24, 2.45) is 0 Å². The summed E-state index contributed by atoms with van der Waals surface area (Å²) in [6, 6.07) is 4.27. The Morgan fingerprint density at radius 1 is 1.29 bits per heavy atom. The minimum atomic E-state index is -0.388. The first-order valence-corrected chi connectivity index (χ1v) is 9.26. The average Bonchev–Trinajstić information content (AvgIpc) is 3.40. The van der Waals surface area contributed by atoms with Crippen molar-refractivity contribution in [3.05, 3.63) is 52.6 Å². The Bertz CT molecular complexity index is 1250. The van der Waals surface area contributed by atoms with E-state index < -0.39 is 0 Å². The zero-order valence-corrected chi connectivity index (χ0v) is 15.5. The molecule has 0 bridgehead atoms. The van der Waals surface area contributed by atoms with Crippen molar-refractivity contribution >= 4 is 16.6 Å². The molecule has 1 aliphatic rings. The predicted molar refractivity (Wildman–Crippen MR) is 100 cm³/mol. The molecule has 1 aromatic carbocycles. The molecule has 0 spiro atoms. The highest BCUT2D eigenvalue weighted by atomic mass is 19.1. The van der Waals surface area contributed by atoms with E-state index in [1.165, 1.54) is 16.8 Å². The molecule has 4 heterocycles. The number of nitrogens with zero attached hydrogens (tertiary/aromatic N) is 6. The Morgan fingerprint density at radius 3 is 2.89 bits per heavy atom. The van der Waals surface area contributed by atoms with Crippen molar-refractivity contribution < 1.29 is 9.13 Å². The highest BCUT2D eigenvalue weighted by molar-refractivity contribution is 5.81. The highest BCUT2D eigenvalue weighted by Gasteiger charge is 2.23. The number of halogens is 1. The Labute approximate surface area is 159 Å². The second-order valence-electron chi connectivity index (χ2n) is 7.34. The van der Waals surface area contributed by atoms with Gasteiger partial charge in [0.1, 0.15) is 12.1 Å². The van der Waals surface area contributed by atoms with Crippen LogP contribution in [0.1, 0.15) is 37.9 Å². The first kappa shape index (κ1) is 17.1. The van der Waals surface area contributed by atoms with Crippen LogP contribution in [0.15, 0.2) is 35.5 Å². The molecule has 3 aromatic heterocycles. The minimum absolute atomic E-state index is 0.147. The van der Waals surface area contributed by atoms with E-state index in [1.54, 1.807) is 27.6 Å². The van der Waals surface area contributed by atoms with E-state index in [9.17, 15) is 9.18 Å². The molecule has 0 aliphatic carbocycles. The lowest BCUT2D eigenvalue weighted by Crippen LogP contribution is -2.25. The summed E-state index contributed by atoms with van der Waals surface area (Å²) in [5.41, 5.74) is 2.19. The van der Waals surface area contributed by atoms with E-state index in [0.29, 0.717) is 35.6 Å². The number of hydrogen-bond donors (Lipinski definition) is 0. The zero-order valence-electron chi connectivity index (χ0n) is 15.5. The van der Waals surface area contributed by atoms with E-state index >= 15 is 0 Å². The number of benzene rings is 1. The molecule has 144 valence electrons. The lowest BCUT2D eigenvalue weighted by Gasteiger charge is -2.15. The molecule has 5 rings (SSSR count). The fraction of sp³-hybridized carbons (Fsp3) is 0.368. The summed E-state index contributed by atoms with van der Waals surface area (Å²) in [5.74, 6) is 0.225. The van der Waals surface area contributed by atoms with Gasteiger partial charge < -0.3 is 9.30 Å². The summed E-state index contributed by atoms with van der Waals surface area (Å²) in [4.78, 5) is 17.7. The quantitative estimate of drug-likeness (QED) is 0.544. The van der Waals surface area contributed by atoms with Gasteiger partial charge in [-0.1, -0.05) is 5.21 Å². The maximum atomic E-state index is 13.9. The molecular weight excluding hydrogens is 363 g/mol. The molecule has 4 aromatic rings. The van der Waals surface area contributed by atoms with Crippen molar-refractivity contribution in [3.63, 3.8) is 0 Å². The molecule has 28 heavy (non-hydrogen) atoms. The van der Waals surface area contributed by atoms with Crippen LogP contribution < -0.4 is 5.56 Å². The largest absolute Gasteiger partial charge is 0.381 e. The summed E-state index contributed by atoms with van der Waals surface area (Å²) in [5, 5.41) is 8.44. The molecular formula is C19H19FN6O2. The smallest absolute Gasteiger partial charge is 0.279 e. The second-order valence-corrected chi connectivity index (χ2v) is 7.34. The number of fused-ring (bicyclic) bond motifs is 3. The number of hydrogen-bond acceptors (Lipinski definition) is 5. The van der Waals surface area contributed by atoms with Crippen LogP contribution in [0, 0.1) is 5.82 Å². The topological polar surface area (TPSA) is 79.2 Å². The maximum absolute atomic E-state index is 13.9. The van der Waals surface area contributed by atoms with Gasteiger partial charge in [-0.3, -0.25) is 9.20 Å². The fourth-order valence-electron chi connectivity index (χ4n) is 3.85. The Morgan fingerprint density at radius 2 is 2.14 bits per heavy atom. The molecule has 1 saturated heterocycles. The van der Waals surface area contributed by atoms with Gasteiger partial charge in [0, 0.05) is 18.6 Å². The van der Waals surface area contributed by atoms with Crippen LogP contribution in [0.3, 0.4) is 0 Å². The van der Waals surface area contributed by atoms with Gasteiger partial charge in [-0.05, 0) is 38.5 Å². The molecule has 0 N–H and O–H groups in total. The fourth-order valence-corrected chi connectivity index (χ4v) is 3.85. The number of rotatable bonds is 3. The monoisotopic (exact) mass is 382 g/mol. The lowest BCUT2D eigenvalue weighted by molar-refractivity contribution is 0.193. The molecule has 1 fully saturated rings. The Kier molecular flexibility index (Phi) is 3.80. The van der Waals surface area contributed by atoms with Gasteiger partial charge in [0.15, 0.2) is 11.3 Å². The normalized spacial score (nSPS) is 17.4. The van der Waals surface area contributed by atoms with Crippen LogP contribution in [0.2, 0.25) is 0 Å². The number of aromatic nitrogens is 6. The van der Waals surface area contributed by atoms with Crippen molar-refractivity contribution in [3.8, 4) is 5.82 Å². The van der Waals surface area contributed by atoms with E-state index in [4.69, 9.17) is 4.74 Å². The Balaban J connectivity index is 1.77. The van der Waals surface area contributed by atoms with Gasteiger partial charge in [0.05, 0.1) is 29.5 Å². The number of ether oxygens (including phenoxy) is 1. The predicted octanol–water partition coefficient (Wildman–Crippen LogP) is 2.45. The minimum Gasteiger partial charge on any atom is -0.381 e. The van der Waals surface area contributed by atoms with Gasteiger partial charge in [-0.15, -0.1) is 5.10 Å². The SMILES string of the molecule is CC(C)n1c(=O)c2c(-n3cc(C4CCOC4)nn3)ncn2c2ccc(F)cc21. The molecule has 8 nitrogen and oxygen atoms in total. The summed E-state index contributed by atoms with van der Waals surface area (Å²) in [7, 11) is 0. The first-order chi connectivity index (χ1) is 13.5. The molecule has 0 radical (unpaired) electrons. The molecule has 0 saturated carbocycles. The highest BCUT2D eigenvalue weighted by Crippen LogP contribution is 2.25. The van der Waals surface area contributed by atoms with Gasteiger partial charge in [0.2, 0.25) is 0 Å². The molecule has 0 amide bonds. The number of imidazole rings is 1. The van der Waals surface area contributed by atoms with E-state index in [1.807, 2.05) is 13.8 Å². The lowest BCUT2D eigenvalue weighted by atomic mass is 10.1. The molecule has 1 atom stereocenters. The van der Waals surface area contributed by atoms with Gasteiger partial charge in [-0.2, -0.15) is 4.68 Å². The van der Waals surface area contributed by atoms with Crippen LogP contribution in [0.4, 0.5) is 4.39 Å². The summed E-state index contributed by atoms with van der Waals surface area (Å²) in [6.07, 6.45) is 4.27. The van der Waals surface area contributed by atoms with E-state index in [2.05, 4.69) is 15.3 Å². The molecule has 9 heteroatoms. The van der Waals surface area contributed by atoms with Crippen LogP contribution in [-0.4, -0.2) is 42.2 Å². The summed E-state index contributed by atoms with van der Waals surface area (Å²) < 4.78 is 24.1. The van der Waals surface area contributed by atoms with Crippen molar-refractivity contribution in [2.45, 2.75) is 32.2 Å². The van der Waals surface area contributed by atoms with Crippen molar-refractivity contribution in [2.75, 3.05) is 13.2 Å². The zero-order chi connectivity index (χ0) is 19.4. The maximum Gasteiger partial charge on any atom is 0.279 e. The second kappa shape index (κ2) is 6.23. The van der Waals surface area contributed by atoms with E-state index in [-0.39, 0.29) is 23.3 Å². The van der Waals surface area contributed by atoms with Crippen molar-refractivity contribution in [1.29, 1.82) is 0 Å². The van der Waals surface area contributed by atoms with E-state index in [0.717, 1.165) is 12.1 Å². The third kappa shape index (κ3) is 2.46. The average molecular weight is 382 g/mol. The van der Waals surface area contributed by atoms with Crippen LogP contribution in [0.25, 0.3) is 22.4 Å². The Hall–Kier alpha value is -3.07.